The largest absolute Gasteiger partial charge is 1.00 e. The number of halogens is 1. The van der Waals surface area contributed by atoms with Crippen LogP contribution in [0.5, 0.6) is 0 Å². The van der Waals surface area contributed by atoms with Gasteiger partial charge in [0.1, 0.15) is 12.4 Å². The smallest absolute Gasteiger partial charge is 0.101 e. The minimum Gasteiger partial charge on any atom is -1.00 e. The van der Waals surface area contributed by atoms with Crippen LogP contribution in [0.2, 0.25) is 0 Å². The first kappa shape index (κ1) is 16.4. The van der Waals surface area contributed by atoms with Gasteiger partial charge in [-0.25, -0.2) is 0 Å². The molecule has 2 rings (SSSR count). The standard InChI is InChI=1S/C18H20N.BrH/c1-19(2,15-13-17-9-5-3-6-10-17)16-14-18-11-7-4-8-12-18;/h3-16H,1-2H3;1H/q+1;/p-1. The summed E-state index contributed by atoms with van der Waals surface area (Å²) < 4.78 is 0.712. The molecule has 2 aromatic carbocycles. The lowest BCUT2D eigenvalue weighted by Crippen LogP contribution is -3.00. The molecule has 0 bridgehead atoms. The predicted molar refractivity (Wildman–Crippen MR) is 83.1 cm³/mol. The fourth-order valence-corrected chi connectivity index (χ4v) is 1.73. The molecule has 0 saturated heterocycles. The maximum atomic E-state index is 2.18. The van der Waals surface area contributed by atoms with Crippen molar-refractivity contribution < 1.29 is 21.5 Å². The monoisotopic (exact) mass is 329 g/mol. The predicted octanol–water partition coefficient (Wildman–Crippen LogP) is 1.41. The minimum atomic E-state index is 0. The van der Waals surface area contributed by atoms with E-state index in [-0.39, 0.29) is 17.0 Å². The molecular weight excluding hydrogens is 310 g/mol. The van der Waals surface area contributed by atoms with E-state index in [0.29, 0.717) is 4.48 Å². The van der Waals surface area contributed by atoms with Crippen LogP contribution in [-0.2, 0) is 0 Å². The summed E-state index contributed by atoms with van der Waals surface area (Å²) in [6.07, 6.45) is 8.65. The molecule has 0 aliphatic carbocycles. The van der Waals surface area contributed by atoms with Gasteiger partial charge in [-0.1, -0.05) is 60.7 Å². The molecule has 0 aliphatic heterocycles. The van der Waals surface area contributed by atoms with E-state index in [1.54, 1.807) is 0 Å². The fourth-order valence-electron chi connectivity index (χ4n) is 1.73. The van der Waals surface area contributed by atoms with Crippen molar-refractivity contribution in [1.29, 1.82) is 0 Å². The Hall–Kier alpha value is -1.64. The molecule has 0 heterocycles. The molecule has 0 unspecified atom stereocenters. The van der Waals surface area contributed by atoms with Crippen LogP contribution in [0.1, 0.15) is 11.1 Å². The summed E-state index contributed by atoms with van der Waals surface area (Å²) in [5, 5.41) is 0. The Kier molecular flexibility index (Phi) is 6.43. The lowest BCUT2D eigenvalue weighted by atomic mass is 10.2. The Morgan fingerprint density at radius 1 is 0.650 bits per heavy atom. The Balaban J connectivity index is 0.00000200. The van der Waals surface area contributed by atoms with Gasteiger partial charge in [0.2, 0.25) is 0 Å². The molecule has 0 N–H and O–H groups in total. The van der Waals surface area contributed by atoms with Crippen molar-refractivity contribution >= 4 is 12.2 Å². The normalized spacial score (nSPS) is 11.7. The SMILES string of the molecule is C[N+](C)(C=Cc1ccccc1)C=Cc1ccccc1.[Br-]. The molecule has 0 spiro atoms. The summed E-state index contributed by atoms with van der Waals surface area (Å²) in [5.41, 5.74) is 2.45. The quantitative estimate of drug-likeness (QED) is 0.744. The van der Waals surface area contributed by atoms with E-state index in [1.807, 2.05) is 12.1 Å². The van der Waals surface area contributed by atoms with Gasteiger partial charge in [-0.3, -0.25) is 4.48 Å². The average Bonchev–Trinajstić information content (AvgIpc) is 2.46. The van der Waals surface area contributed by atoms with Crippen LogP contribution in [0, 0.1) is 0 Å². The third kappa shape index (κ3) is 5.55. The third-order valence-corrected chi connectivity index (χ3v) is 2.90. The van der Waals surface area contributed by atoms with Crippen molar-refractivity contribution in [2.75, 3.05) is 14.1 Å². The Bertz CT molecular complexity index is 505. The number of hydrogen-bond donors (Lipinski definition) is 0. The highest BCUT2D eigenvalue weighted by Gasteiger charge is 2.05. The Morgan fingerprint density at radius 3 is 1.35 bits per heavy atom. The van der Waals surface area contributed by atoms with Crippen molar-refractivity contribution in [3.05, 3.63) is 84.2 Å². The lowest BCUT2D eigenvalue weighted by molar-refractivity contribution is -0.782. The molecule has 0 radical (unpaired) electrons. The molecular formula is C18H20BrN. The van der Waals surface area contributed by atoms with Crippen molar-refractivity contribution in [1.82, 2.24) is 0 Å². The van der Waals surface area contributed by atoms with E-state index in [4.69, 9.17) is 0 Å². The van der Waals surface area contributed by atoms with Gasteiger partial charge < -0.3 is 17.0 Å². The van der Waals surface area contributed by atoms with Gasteiger partial charge in [0, 0.05) is 0 Å². The number of hydrogen-bond acceptors (Lipinski definition) is 0. The van der Waals surface area contributed by atoms with Crippen LogP contribution < -0.4 is 17.0 Å². The second-order valence-electron chi connectivity index (χ2n) is 5.08. The second-order valence-corrected chi connectivity index (χ2v) is 5.08. The molecule has 1 nitrogen and oxygen atoms in total. The van der Waals surface area contributed by atoms with Crippen LogP contribution in [0.25, 0.3) is 12.2 Å². The van der Waals surface area contributed by atoms with E-state index in [2.05, 4.69) is 87.2 Å². The lowest BCUT2D eigenvalue weighted by Gasteiger charge is -2.19. The molecule has 0 amide bonds. The number of quaternary nitrogens is 1. The van der Waals surface area contributed by atoms with Gasteiger partial charge in [-0.05, 0) is 23.3 Å². The number of rotatable bonds is 4. The first-order valence-corrected chi connectivity index (χ1v) is 6.48. The first-order chi connectivity index (χ1) is 9.16. The number of benzene rings is 2. The van der Waals surface area contributed by atoms with Gasteiger partial charge in [-0.2, -0.15) is 0 Å². The maximum Gasteiger partial charge on any atom is 0.101 e. The minimum absolute atomic E-state index is 0. The molecule has 0 atom stereocenters. The molecule has 2 aromatic rings. The molecule has 20 heavy (non-hydrogen) atoms. The van der Waals surface area contributed by atoms with Crippen molar-refractivity contribution in [2.24, 2.45) is 0 Å². The van der Waals surface area contributed by atoms with E-state index in [9.17, 15) is 0 Å². The average molecular weight is 330 g/mol. The van der Waals surface area contributed by atoms with E-state index >= 15 is 0 Å². The first-order valence-electron chi connectivity index (χ1n) is 6.48. The Morgan fingerprint density at radius 2 is 1.00 bits per heavy atom. The zero-order chi connectivity index (χ0) is 13.6. The van der Waals surface area contributed by atoms with Crippen LogP contribution in [0.3, 0.4) is 0 Å². The van der Waals surface area contributed by atoms with E-state index in [0.717, 1.165) is 0 Å². The summed E-state index contributed by atoms with van der Waals surface area (Å²) >= 11 is 0. The maximum absolute atomic E-state index is 2.18. The highest BCUT2D eigenvalue weighted by Crippen LogP contribution is 2.09. The summed E-state index contributed by atoms with van der Waals surface area (Å²) in [5.74, 6) is 0. The van der Waals surface area contributed by atoms with Crippen molar-refractivity contribution in [2.45, 2.75) is 0 Å². The second kappa shape index (κ2) is 7.83. The van der Waals surface area contributed by atoms with Gasteiger partial charge in [0.15, 0.2) is 0 Å². The zero-order valence-corrected chi connectivity index (χ0v) is 13.5. The highest BCUT2D eigenvalue weighted by atomic mass is 79.9. The van der Waals surface area contributed by atoms with Gasteiger partial charge in [-0.15, -0.1) is 0 Å². The van der Waals surface area contributed by atoms with Gasteiger partial charge in [0.05, 0.1) is 14.1 Å². The molecule has 0 aliphatic rings. The highest BCUT2D eigenvalue weighted by molar-refractivity contribution is 5.49. The van der Waals surface area contributed by atoms with Crippen molar-refractivity contribution in [3.8, 4) is 0 Å². The Labute approximate surface area is 132 Å². The molecule has 2 heteroatoms. The van der Waals surface area contributed by atoms with E-state index in [1.165, 1.54) is 11.1 Å². The molecule has 0 aromatic heterocycles. The molecule has 0 saturated carbocycles. The van der Waals surface area contributed by atoms with E-state index < -0.39 is 0 Å². The zero-order valence-electron chi connectivity index (χ0n) is 11.9. The van der Waals surface area contributed by atoms with Crippen LogP contribution in [-0.4, -0.2) is 18.6 Å². The summed E-state index contributed by atoms with van der Waals surface area (Å²) in [7, 11) is 4.30. The van der Waals surface area contributed by atoms with Crippen LogP contribution in [0.4, 0.5) is 0 Å². The van der Waals surface area contributed by atoms with Gasteiger partial charge >= 0.3 is 0 Å². The summed E-state index contributed by atoms with van der Waals surface area (Å²) in [6, 6.07) is 20.7. The number of nitrogens with zero attached hydrogens (tertiary/aromatic N) is 1. The van der Waals surface area contributed by atoms with Crippen LogP contribution >= 0.6 is 0 Å². The fraction of sp³-hybridized carbons (Fsp3) is 0.111. The summed E-state index contributed by atoms with van der Waals surface area (Å²) in [6.45, 7) is 0. The van der Waals surface area contributed by atoms with Crippen molar-refractivity contribution in [3.63, 3.8) is 0 Å². The third-order valence-electron chi connectivity index (χ3n) is 2.90. The van der Waals surface area contributed by atoms with Crippen LogP contribution in [0.15, 0.2) is 73.1 Å². The topological polar surface area (TPSA) is 0 Å². The summed E-state index contributed by atoms with van der Waals surface area (Å²) in [4.78, 5) is 0. The molecule has 104 valence electrons. The van der Waals surface area contributed by atoms with Gasteiger partial charge in [0.25, 0.3) is 0 Å². The molecule has 0 fully saturated rings.